The van der Waals surface area contributed by atoms with Crippen LogP contribution in [-0.2, 0) is 0 Å². The molecule has 1 saturated heterocycles. The first-order valence-corrected chi connectivity index (χ1v) is 5.36. The Kier molecular flexibility index (Phi) is 2.93. The lowest BCUT2D eigenvalue weighted by molar-refractivity contribution is -0.0133. The predicted octanol–water partition coefficient (Wildman–Crippen LogP) is 3.27. The Hall–Kier alpha value is -1.03. The number of rotatable bonds is 2. The molecule has 4 heteroatoms. The highest BCUT2D eigenvalue weighted by Crippen LogP contribution is 2.33. The fraction of sp³-hybridized carbons (Fsp3) is 0.500. The number of benzene rings is 1. The van der Waals surface area contributed by atoms with Crippen molar-refractivity contribution in [3.05, 3.63) is 35.6 Å². The maximum Gasteiger partial charge on any atom is 0.260 e. The van der Waals surface area contributed by atoms with Gasteiger partial charge < -0.3 is 5.32 Å². The summed E-state index contributed by atoms with van der Waals surface area (Å²) < 4.78 is 38.8. The van der Waals surface area contributed by atoms with Crippen molar-refractivity contribution < 1.29 is 13.2 Å². The van der Waals surface area contributed by atoms with E-state index in [9.17, 15) is 13.2 Å². The highest BCUT2D eigenvalue weighted by molar-refractivity contribution is 5.21. The van der Waals surface area contributed by atoms with Crippen molar-refractivity contribution in [2.45, 2.75) is 37.8 Å². The predicted molar refractivity (Wildman–Crippen MR) is 55.9 cm³/mol. The van der Waals surface area contributed by atoms with Gasteiger partial charge in [0.15, 0.2) is 0 Å². The molecule has 0 bridgehead atoms. The van der Waals surface area contributed by atoms with Crippen LogP contribution >= 0.6 is 0 Å². The monoisotopic (exact) mass is 229 g/mol. The highest BCUT2D eigenvalue weighted by Gasteiger charge is 2.39. The first-order chi connectivity index (χ1) is 7.47. The fourth-order valence-corrected chi connectivity index (χ4v) is 2.10. The summed E-state index contributed by atoms with van der Waals surface area (Å²) in [5.74, 6) is -3.01. The molecule has 1 aromatic rings. The third-order valence-electron chi connectivity index (χ3n) is 3.03. The van der Waals surface area contributed by atoms with Crippen molar-refractivity contribution in [1.82, 2.24) is 5.32 Å². The van der Waals surface area contributed by atoms with Crippen molar-refractivity contribution in [2.24, 2.45) is 0 Å². The normalized spacial score (nSPS) is 26.0. The van der Waals surface area contributed by atoms with E-state index in [0.29, 0.717) is 12.8 Å². The first-order valence-electron chi connectivity index (χ1n) is 5.36. The lowest BCUT2D eigenvalue weighted by atomic mass is 10.1. The number of alkyl halides is 2. The quantitative estimate of drug-likeness (QED) is 0.820. The minimum absolute atomic E-state index is 0.0866. The number of halogens is 3. The Morgan fingerprint density at radius 3 is 2.31 bits per heavy atom. The zero-order valence-electron chi connectivity index (χ0n) is 9.01. The average Bonchev–Trinajstić information content (AvgIpc) is 2.67. The van der Waals surface area contributed by atoms with Gasteiger partial charge in [-0.05, 0) is 30.5 Å². The maximum absolute atomic E-state index is 13.1. The van der Waals surface area contributed by atoms with Crippen LogP contribution in [0.5, 0.6) is 0 Å². The molecule has 2 atom stereocenters. The van der Waals surface area contributed by atoms with Gasteiger partial charge in [-0.2, -0.15) is 0 Å². The van der Waals surface area contributed by atoms with Gasteiger partial charge in [-0.15, -0.1) is 0 Å². The SMILES string of the molecule is CC(F)(F)[C@H]1CC[C@@H](c2ccc(F)cc2)N1. The first kappa shape index (κ1) is 11.5. The minimum Gasteiger partial charge on any atom is -0.302 e. The van der Waals surface area contributed by atoms with Crippen LogP contribution < -0.4 is 5.32 Å². The summed E-state index contributed by atoms with van der Waals surface area (Å²) in [7, 11) is 0. The van der Waals surface area contributed by atoms with Crippen LogP contribution in [-0.4, -0.2) is 12.0 Å². The van der Waals surface area contributed by atoms with Gasteiger partial charge in [-0.3, -0.25) is 0 Å². The van der Waals surface area contributed by atoms with Crippen LogP contribution in [0.4, 0.5) is 13.2 Å². The molecule has 2 rings (SSSR count). The summed E-state index contributed by atoms with van der Waals surface area (Å²) in [6.07, 6.45) is 1.12. The Morgan fingerprint density at radius 1 is 1.19 bits per heavy atom. The fourth-order valence-electron chi connectivity index (χ4n) is 2.10. The topological polar surface area (TPSA) is 12.0 Å². The van der Waals surface area contributed by atoms with Crippen LogP contribution in [0.25, 0.3) is 0 Å². The molecule has 0 aliphatic carbocycles. The molecule has 0 spiro atoms. The maximum atomic E-state index is 13.1. The number of hydrogen-bond donors (Lipinski definition) is 1. The van der Waals surface area contributed by atoms with Crippen LogP contribution in [0, 0.1) is 5.82 Å². The van der Waals surface area contributed by atoms with E-state index in [1.807, 2.05) is 0 Å². The van der Waals surface area contributed by atoms with E-state index in [4.69, 9.17) is 0 Å². The van der Waals surface area contributed by atoms with Crippen LogP contribution in [0.3, 0.4) is 0 Å². The van der Waals surface area contributed by atoms with Gasteiger partial charge in [0.1, 0.15) is 5.82 Å². The smallest absolute Gasteiger partial charge is 0.260 e. The zero-order valence-corrected chi connectivity index (χ0v) is 9.01. The molecule has 1 fully saturated rings. The Balaban J connectivity index is 2.06. The van der Waals surface area contributed by atoms with Gasteiger partial charge in [-0.1, -0.05) is 12.1 Å². The van der Waals surface area contributed by atoms with Crippen LogP contribution in [0.1, 0.15) is 31.4 Å². The van der Waals surface area contributed by atoms with Gasteiger partial charge >= 0.3 is 0 Å². The second-order valence-corrected chi connectivity index (χ2v) is 4.36. The van der Waals surface area contributed by atoms with Crippen molar-refractivity contribution in [2.75, 3.05) is 0 Å². The molecule has 0 amide bonds. The van der Waals surface area contributed by atoms with E-state index in [2.05, 4.69) is 5.32 Å². The largest absolute Gasteiger partial charge is 0.302 e. The van der Waals surface area contributed by atoms with Gasteiger partial charge in [0, 0.05) is 13.0 Å². The van der Waals surface area contributed by atoms with E-state index >= 15 is 0 Å². The number of hydrogen-bond acceptors (Lipinski definition) is 1. The number of nitrogens with one attached hydrogen (secondary N) is 1. The molecule has 0 saturated carbocycles. The second-order valence-electron chi connectivity index (χ2n) is 4.36. The zero-order chi connectivity index (χ0) is 11.8. The average molecular weight is 229 g/mol. The van der Waals surface area contributed by atoms with E-state index in [1.54, 1.807) is 12.1 Å². The summed E-state index contributed by atoms with van der Waals surface area (Å²) in [4.78, 5) is 0. The van der Waals surface area contributed by atoms with Gasteiger partial charge in [0.05, 0.1) is 6.04 Å². The lowest BCUT2D eigenvalue weighted by Gasteiger charge is -2.20. The molecule has 1 N–H and O–H groups in total. The molecule has 88 valence electrons. The lowest BCUT2D eigenvalue weighted by Crippen LogP contribution is -2.38. The molecule has 1 aromatic carbocycles. The Morgan fingerprint density at radius 2 is 1.81 bits per heavy atom. The molecule has 1 nitrogen and oxygen atoms in total. The minimum atomic E-state index is -2.70. The third-order valence-corrected chi connectivity index (χ3v) is 3.03. The van der Waals surface area contributed by atoms with Crippen LogP contribution in [0.2, 0.25) is 0 Å². The van der Waals surface area contributed by atoms with Gasteiger partial charge in [0.25, 0.3) is 5.92 Å². The van der Waals surface area contributed by atoms with E-state index in [0.717, 1.165) is 12.5 Å². The second kappa shape index (κ2) is 4.09. The van der Waals surface area contributed by atoms with Crippen molar-refractivity contribution in [3.8, 4) is 0 Å². The van der Waals surface area contributed by atoms with Crippen molar-refractivity contribution in [3.63, 3.8) is 0 Å². The molecule has 0 radical (unpaired) electrons. The molecule has 1 aliphatic rings. The Labute approximate surface area is 92.7 Å². The van der Waals surface area contributed by atoms with E-state index in [1.165, 1.54) is 12.1 Å². The molecule has 0 unspecified atom stereocenters. The molecular formula is C12H14F3N. The summed E-state index contributed by atoms with van der Waals surface area (Å²) in [5.41, 5.74) is 0.869. The summed E-state index contributed by atoms with van der Waals surface area (Å²) in [6.45, 7) is 0.928. The molecule has 1 aliphatic heterocycles. The molecule has 16 heavy (non-hydrogen) atoms. The summed E-state index contributed by atoms with van der Waals surface area (Å²) in [5, 5.41) is 2.89. The van der Waals surface area contributed by atoms with Crippen molar-refractivity contribution >= 4 is 0 Å². The molecule has 1 heterocycles. The molecule has 0 aromatic heterocycles. The standard InChI is InChI=1S/C12H14F3N/c1-12(14,15)11-7-6-10(16-11)8-2-4-9(13)5-3-8/h2-5,10-11,16H,6-7H2,1H3/t10-,11+/m0/s1. The Bertz CT molecular complexity index is 356. The van der Waals surface area contributed by atoms with Gasteiger partial charge in [0.2, 0.25) is 0 Å². The van der Waals surface area contributed by atoms with E-state index in [-0.39, 0.29) is 11.9 Å². The van der Waals surface area contributed by atoms with Crippen molar-refractivity contribution in [1.29, 1.82) is 0 Å². The summed E-state index contributed by atoms with van der Waals surface area (Å²) in [6, 6.07) is 5.13. The highest BCUT2D eigenvalue weighted by atomic mass is 19.3. The van der Waals surface area contributed by atoms with E-state index < -0.39 is 12.0 Å². The summed E-state index contributed by atoms with van der Waals surface area (Å²) >= 11 is 0. The third kappa shape index (κ3) is 2.38. The van der Waals surface area contributed by atoms with Crippen LogP contribution in [0.15, 0.2) is 24.3 Å². The van der Waals surface area contributed by atoms with Gasteiger partial charge in [-0.25, -0.2) is 13.2 Å². The molecular weight excluding hydrogens is 215 g/mol.